The van der Waals surface area contributed by atoms with Crippen molar-refractivity contribution in [2.24, 2.45) is 16.7 Å². The van der Waals surface area contributed by atoms with E-state index in [9.17, 15) is 0 Å². The number of nitrogens with two attached hydrogens (primary N) is 3. The Kier molecular flexibility index (Phi) is 3.63. The van der Waals surface area contributed by atoms with Gasteiger partial charge >= 0.3 is 0 Å². The zero-order chi connectivity index (χ0) is 9.68. The summed E-state index contributed by atoms with van der Waals surface area (Å²) in [6.45, 7) is 0. The van der Waals surface area contributed by atoms with Gasteiger partial charge in [-0.1, -0.05) is 0 Å². The number of hydrogen-bond donors (Lipinski definition) is 3. The lowest BCUT2D eigenvalue weighted by atomic mass is 10.3. The molecule has 70 valence electrons. The van der Waals surface area contributed by atoms with E-state index in [1.165, 1.54) is 23.2 Å². The molecule has 0 radical (unpaired) electrons. The van der Waals surface area contributed by atoms with Crippen LogP contribution >= 0.6 is 11.9 Å². The first kappa shape index (κ1) is 9.91. The summed E-state index contributed by atoms with van der Waals surface area (Å²) < 4.78 is 0. The highest BCUT2D eigenvalue weighted by atomic mass is 32.2. The van der Waals surface area contributed by atoms with Gasteiger partial charge in [-0.15, -0.1) is 0 Å². The molecular weight excluding hydrogens is 184 g/mol. The fourth-order valence-corrected chi connectivity index (χ4v) is 1.17. The van der Waals surface area contributed by atoms with Crippen LogP contribution < -0.4 is 21.7 Å². The molecule has 5 heteroatoms. The average Bonchev–Trinajstić information content (AvgIpc) is 2.18. The molecule has 0 unspecified atom stereocenters. The molecule has 1 aromatic rings. The fourth-order valence-electron chi connectivity index (χ4n) is 0.876. The summed E-state index contributed by atoms with van der Waals surface area (Å²) in [5, 5.41) is 6.81. The summed E-state index contributed by atoms with van der Waals surface area (Å²) in [7, 11) is 0. The summed E-state index contributed by atoms with van der Waals surface area (Å²) in [5.41, 5.74) is 6.06. The Morgan fingerprint density at radius 3 is 2.31 bits per heavy atom. The minimum Gasteiger partial charge on any atom is -0.403 e. The van der Waals surface area contributed by atoms with Crippen molar-refractivity contribution in [1.29, 1.82) is 0 Å². The van der Waals surface area contributed by atoms with Gasteiger partial charge in [-0.3, -0.25) is 10.1 Å². The second-order valence-electron chi connectivity index (χ2n) is 2.36. The van der Waals surface area contributed by atoms with Gasteiger partial charge in [0, 0.05) is 17.3 Å². The maximum atomic E-state index is 5.63. The number of nitrogens with zero attached hydrogens (tertiary/aromatic N) is 1. The Bertz CT molecular complexity index is 283. The van der Waals surface area contributed by atoms with Crippen molar-refractivity contribution in [3.05, 3.63) is 36.7 Å². The fraction of sp³-hybridized carbons (Fsp3) is 0. The van der Waals surface area contributed by atoms with Crippen LogP contribution in [-0.2, 0) is 0 Å². The highest BCUT2D eigenvalue weighted by molar-refractivity contribution is 7.97. The van der Waals surface area contributed by atoms with Crippen LogP contribution in [0.2, 0.25) is 0 Å². The number of rotatable bonds is 3. The van der Waals surface area contributed by atoms with Crippen molar-refractivity contribution in [3.63, 3.8) is 0 Å². The van der Waals surface area contributed by atoms with Crippen LogP contribution in [0.15, 0.2) is 41.6 Å². The summed E-state index contributed by atoms with van der Waals surface area (Å²) in [4.78, 5) is 0.994. The van der Waals surface area contributed by atoms with Gasteiger partial charge in [0.2, 0.25) is 0 Å². The van der Waals surface area contributed by atoms with Crippen LogP contribution in [0.4, 0.5) is 5.69 Å². The Labute approximate surface area is 81.5 Å². The molecular formula is C8H12N4S. The van der Waals surface area contributed by atoms with Crippen molar-refractivity contribution in [2.75, 3.05) is 5.01 Å². The minimum absolute atomic E-state index is 0.861. The molecule has 0 amide bonds. The van der Waals surface area contributed by atoms with Gasteiger partial charge in [-0.2, -0.15) is 0 Å². The van der Waals surface area contributed by atoms with Crippen LogP contribution in [0.25, 0.3) is 0 Å². The first-order valence-corrected chi connectivity index (χ1v) is 4.55. The average molecular weight is 196 g/mol. The normalized spacial score (nSPS) is 10.6. The first-order valence-electron chi connectivity index (χ1n) is 3.67. The van der Waals surface area contributed by atoms with Gasteiger partial charge in [0.1, 0.15) is 0 Å². The molecule has 6 N–H and O–H groups in total. The van der Waals surface area contributed by atoms with Crippen molar-refractivity contribution in [2.45, 2.75) is 4.90 Å². The molecule has 13 heavy (non-hydrogen) atoms. The smallest absolute Gasteiger partial charge is 0.0569 e. The maximum absolute atomic E-state index is 5.63. The molecule has 0 aliphatic carbocycles. The number of hydrazine groups is 1. The minimum atomic E-state index is 0.861. The van der Waals surface area contributed by atoms with Crippen molar-refractivity contribution < 1.29 is 0 Å². The van der Waals surface area contributed by atoms with Gasteiger partial charge in [0.15, 0.2) is 0 Å². The van der Waals surface area contributed by atoms with Gasteiger partial charge in [0.05, 0.1) is 5.69 Å². The van der Waals surface area contributed by atoms with Crippen LogP contribution in [0, 0.1) is 0 Å². The molecule has 0 aromatic heterocycles. The molecule has 1 aromatic carbocycles. The molecule has 0 aliphatic heterocycles. The lowest BCUT2D eigenvalue weighted by molar-refractivity contribution is 1.07. The second kappa shape index (κ2) is 4.76. The van der Waals surface area contributed by atoms with E-state index in [0.29, 0.717) is 0 Å². The van der Waals surface area contributed by atoms with E-state index in [2.05, 4.69) is 0 Å². The van der Waals surface area contributed by atoms with E-state index in [4.69, 9.17) is 16.7 Å². The van der Waals surface area contributed by atoms with E-state index >= 15 is 0 Å². The summed E-state index contributed by atoms with van der Waals surface area (Å²) in [6.07, 6.45) is 2.95. The summed E-state index contributed by atoms with van der Waals surface area (Å²) in [5.74, 6) is 5.63. The molecule has 0 spiro atoms. The molecule has 0 heterocycles. The van der Waals surface area contributed by atoms with Crippen LogP contribution in [-0.4, -0.2) is 0 Å². The van der Waals surface area contributed by atoms with Crippen LogP contribution in [0.3, 0.4) is 0 Å². The third-order valence-corrected chi connectivity index (χ3v) is 2.06. The zero-order valence-electron chi connectivity index (χ0n) is 7.05. The molecule has 0 saturated heterocycles. The first-order chi connectivity index (χ1) is 6.27. The highest BCUT2D eigenvalue weighted by Gasteiger charge is 1.96. The highest BCUT2D eigenvalue weighted by Crippen LogP contribution is 2.17. The molecule has 1 rings (SSSR count). The monoisotopic (exact) mass is 196 g/mol. The number of benzene rings is 1. The standard InChI is InChI=1S/C8H12N4S/c9-5-6-12(10)7-1-3-8(13-11)4-2-7/h1-6H,9-11H2/b6-5-. The topological polar surface area (TPSA) is 81.3 Å². The predicted molar refractivity (Wildman–Crippen MR) is 56.5 cm³/mol. The second-order valence-corrected chi connectivity index (χ2v) is 3.07. The van der Waals surface area contributed by atoms with Crippen molar-refractivity contribution in [1.82, 2.24) is 0 Å². The van der Waals surface area contributed by atoms with Gasteiger partial charge in [-0.25, -0.2) is 5.84 Å². The number of hydrogen-bond acceptors (Lipinski definition) is 5. The van der Waals surface area contributed by atoms with E-state index in [0.717, 1.165) is 10.6 Å². The lowest BCUT2D eigenvalue weighted by Gasteiger charge is -2.12. The molecule has 0 aliphatic rings. The Morgan fingerprint density at radius 2 is 1.85 bits per heavy atom. The largest absolute Gasteiger partial charge is 0.403 e. The molecule has 4 nitrogen and oxygen atoms in total. The zero-order valence-corrected chi connectivity index (χ0v) is 7.87. The van der Waals surface area contributed by atoms with Crippen LogP contribution in [0.1, 0.15) is 0 Å². The summed E-state index contributed by atoms with van der Waals surface area (Å²) >= 11 is 1.20. The Balaban J connectivity index is 2.79. The summed E-state index contributed by atoms with van der Waals surface area (Å²) in [6, 6.07) is 7.53. The third-order valence-electron chi connectivity index (χ3n) is 1.52. The predicted octanol–water partition coefficient (Wildman–Crippen LogP) is 0.762. The third kappa shape index (κ3) is 2.66. The Morgan fingerprint density at radius 1 is 1.23 bits per heavy atom. The van der Waals surface area contributed by atoms with Crippen molar-refractivity contribution >= 4 is 17.6 Å². The molecule has 0 saturated carbocycles. The molecule has 0 fully saturated rings. The van der Waals surface area contributed by atoms with E-state index < -0.39 is 0 Å². The van der Waals surface area contributed by atoms with Gasteiger partial charge < -0.3 is 5.73 Å². The lowest BCUT2D eigenvalue weighted by Crippen LogP contribution is -2.24. The molecule has 0 bridgehead atoms. The van der Waals surface area contributed by atoms with E-state index in [1.54, 1.807) is 6.20 Å². The van der Waals surface area contributed by atoms with E-state index in [-0.39, 0.29) is 0 Å². The molecule has 0 atom stereocenters. The van der Waals surface area contributed by atoms with Gasteiger partial charge in [-0.05, 0) is 36.2 Å². The number of anilines is 1. The van der Waals surface area contributed by atoms with Gasteiger partial charge in [0.25, 0.3) is 0 Å². The Hall–Kier alpha value is -1.17. The van der Waals surface area contributed by atoms with Crippen LogP contribution in [0.5, 0.6) is 0 Å². The van der Waals surface area contributed by atoms with Crippen molar-refractivity contribution in [3.8, 4) is 0 Å². The quantitative estimate of drug-likeness (QED) is 0.378. The SMILES string of the molecule is N/C=C\N(N)c1ccc(SN)cc1. The van der Waals surface area contributed by atoms with E-state index in [1.807, 2.05) is 24.3 Å². The maximum Gasteiger partial charge on any atom is 0.0569 e.